The van der Waals surface area contributed by atoms with Crippen molar-refractivity contribution in [3.63, 3.8) is 0 Å². The van der Waals surface area contributed by atoms with Crippen LogP contribution in [0.4, 0.5) is 10.1 Å². The number of anilines is 1. The van der Waals surface area contributed by atoms with Gasteiger partial charge in [-0.2, -0.15) is 0 Å². The Balaban J connectivity index is 2.02. The van der Waals surface area contributed by atoms with Gasteiger partial charge in [-0.3, -0.25) is 0 Å². The molecule has 2 N–H and O–H groups in total. The summed E-state index contributed by atoms with van der Waals surface area (Å²) in [4.78, 5) is 0. The molecule has 0 saturated carbocycles. The molecule has 0 amide bonds. The third kappa shape index (κ3) is 2.28. The molecule has 15 heavy (non-hydrogen) atoms. The van der Waals surface area contributed by atoms with Crippen molar-refractivity contribution in [3.05, 3.63) is 48.2 Å². The van der Waals surface area contributed by atoms with Gasteiger partial charge in [-0.05, 0) is 24.3 Å². The highest BCUT2D eigenvalue weighted by atomic mass is 19.1. The Morgan fingerprint density at radius 2 is 2.20 bits per heavy atom. The van der Waals surface area contributed by atoms with Gasteiger partial charge in [-0.25, -0.2) is 4.39 Å². The second-order valence-electron chi connectivity index (χ2n) is 3.10. The molecule has 4 heteroatoms. The molecule has 0 bridgehead atoms. The van der Waals surface area contributed by atoms with Crippen LogP contribution in [0.1, 0.15) is 5.76 Å². The highest BCUT2D eigenvalue weighted by molar-refractivity contribution is 5.46. The fraction of sp³-hybridized carbons (Fsp3) is 0.0909. The van der Waals surface area contributed by atoms with Crippen LogP contribution in [0.3, 0.4) is 0 Å². The van der Waals surface area contributed by atoms with E-state index >= 15 is 0 Å². The Labute approximate surface area is 86.2 Å². The van der Waals surface area contributed by atoms with Crippen molar-refractivity contribution in [1.29, 1.82) is 0 Å². The number of phenols is 1. The molecule has 1 heterocycles. The topological polar surface area (TPSA) is 45.4 Å². The van der Waals surface area contributed by atoms with E-state index in [2.05, 4.69) is 5.32 Å². The number of nitrogens with one attached hydrogen (secondary N) is 1. The van der Waals surface area contributed by atoms with Gasteiger partial charge < -0.3 is 14.8 Å². The summed E-state index contributed by atoms with van der Waals surface area (Å²) in [6, 6.07) is 7.75. The van der Waals surface area contributed by atoms with Crippen LogP contribution in [0.5, 0.6) is 5.75 Å². The van der Waals surface area contributed by atoms with Gasteiger partial charge in [0.05, 0.1) is 12.8 Å². The highest BCUT2D eigenvalue weighted by Gasteiger charge is 2.01. The van der Waals surface area contributed by atoms with Crippen molar-refractivity contribution < 1.29 is 13.9 Å². The van der Waals surface area contributed by atoms with Gasteiger partial charge in [0, 0.05) is 11.8 Å². The van der Waals surface area contributed by atoms with Gasteiger partial charge in [0.15, 0.2) is 11.6 Å². The number of halogens is 1. The average molecular weight is 207 g/mol. The first kappa shape index (κ1) is 9.58. The van der Waals surface area contributed by atoms with Crippen LogP contribution in [0.2, 0.25) is 0 Å². The Morgan fingerprint density at radius 3 is 2.87 bits per heavy atom. The molecule has 0 spiro atoms. The number of rotatable bonds is 3. The zero-order valence-electron chi connectivity index (χ0n) is 7.90. The smallest absolute Gasteiger partial charge is 0.166 e. The number of phenolic OH excluding ortho intramolecular Hbond substituents is 1. The van der Waals surface area contributed by atoms with Crippen molar-refractivity contribution in [2.75, 3.05) is 5.32 Å². The molecule has 0 fully saturated rings. The molecule has 0 unspecified atom stereocenters. The maximum Gasteiger partial charge on any atom is 0.166 e. The van der Waals surface area contributed by atoms with E-state index in [0.29, 0.717) is 12.2 Å². The van der Waals surface area contributed by atoms with E-state index in [1.165, 1.54) is 12.1 Å². The van der Waals surface area contributed by atoms with E-state index < -0.39 is 5.82 Å². The first-order chi connectivity index (χ1) is 7.25. The summed E-state index contributed by atoms with van der Waals surface area (Å²) in [6.45, 7) is 0.483. The third-order valence-corrected chi connectivity index (χ3v) is 1.99. The zero-order valence-corrected chi connectivity index (χ0v) is 7.90. The molecule has 3 nitrogen and oxygen atoms in total. The van der Waals surface area contributed by atoms with Crippen molar-refractivity contribution in [2.45, 2.75) is 6.54 Å². The maximum atomic E-state index is 12.9. The van der Waals surface area contributed by atoms with Crippen molar-refractivity contribution in [1.82, 2.24) is 0 Å². The minimum atomic E-state index is -0.639. The minimum Gasteiger partial charge on any atom is -0.505 e. The number of hydrogen-bond donors (Lipinski definition) is 2. The Kier molecular flexibility index (Phi) is 2.58. The van der Waals surface area contributed by atoms with Gasteiger partial charge in [-0.15, -0.1) is 0 Å². The summed E-state index contributed by atoms with van der Waals surface area (Å²) in [7, 11) is 0. The van der Waals surface area contributed by atoms with Crippen molar-refractivity contribution >= 4 is 5.69 Å². The lowest BCUT2D eigenvalue weighted by molar-refractivity contribution is 0.432. The van der Waals surface area contributed by atoms with Crippen LogP contribution in [0.15, 0.2) is 41.0 Å². The summed E-state index contributed by atoms with van der Waals surface area (Å²) < 4.78 is 18.0. The Hall–Kier alpha value is -1.97. The number of hydrogen-bond acceptors (Lipinski definition) is 3. The molecular weight excluding hydrogens is 197 g/mol. The van der Waals surface area contributed by atoms with Crippen LogP contribution in [-0.2, 0) is 6.54 Å². The SMILES string of the molecule is Oc1ccc(NCc2ccco2)cc1F. The van der Waals surface area contributed by atoms with E-state index in [9.17, 15) is 4.39 Å². The fourth-order valence-electron chi connectivity index (χ4n) is 1.22. The summed E-state index contributed by atoms with van der Waals surface area (Å²) in [6.07, 6.45) is 1.58. The molecule has 2 rings (SSSR count). The second-order valence-corrected chi connectivity index (χ2v) is 3.10. The van der Waals surface area contributed by atoms with Gasteiger partial charge in [-0.1, -0.05) is 0 Å². The van der Waals surface area contributed by atoms with E-state index in [1.54, 1.807) is 18.4 Å². The van der Waals surface area contributed by atoms with Gasteiger partial charge in [0.25, 0.3) is 0 Å². The predicted octanol–water partition coefficient (Wildman–Crippen LogP) is 2.74. The molecule has 0 radical (unpaired) electrons. The van der Waals surface area contributed by atoms with E-state index in [0.717, 1.165) is 5.76 Å². The van der Waals surface area contributed by atoms with Crippen molar-refractivity contribution in [2.24, 2.45) is 0 Å². The van der Waals surface area contributed by atoms with E-state index in [-0.39, 0.29) is 5.75 Å². The predicted molar refractivity (Wildman–Crippen MR) is 54.1 cm³/mol. The fourth-order valence-corrected chi connectivity index (χ4v) is 1.22. The Morgan fingerprint density at radius 1 is 1.33 bits per heavy atom. The third-order valence-electron chi connectivity index (χ3n) is 1.99. The molecule has 1 aromatic carbocycles. The lowest BCUT2D eigenvalue weighted by Crippen LogP contribution is -1.98. The average Bonchev–Trinajstić information content (AvgIpc) is 2.73. The molecule has 0 saturated heterocycles. The molecule has 78 valence electrons. The zero-order chi connectivity index (χ0) is 10.7. The number of benzene rings is 1. The van der Waals surface area contributed by atoms with Gasteiger partial charge in [0.2, 0.25) is 0 Å². The van der Waals surface area contributed by atoms with Crippen LogP contribution in [-0.4, -0.2) is 5.11 Å². The molecule has 0 aliphatic rings. The highest BCUT2D eigenvalue weighted by Crippen LogP contribution is 2.19. The van der Waals surface area contributed by atoms with Crippen LogP contribution < -0.4 is 5.32 Å². The normalized spacial score (nSPS) is 10.2. The first-order valence-electron chi connectivity index (χ1n) is 4.50. The summed E-state index contributed by atoms with van der Waals surface area (Å²) in [5.41, 5.74) is 0.599. The number of furan rings is 1. The molecule has 1 aromatic heterocycles. The molecule has 0 atom stereocenters. The van der Waals surface area contributed by atoms with Crippen LogP contribution in [0, 0.1) is 5.82 Å². The first-order valence-corrected chi connectivity index (χ1v) is 4.50. The van der Waals surface area contributed by atoms with Gasteiger partial charge >= 0.3 is 0 Å². The molecule has 0 aliphatic heterocycles. The minimum absolute atomic E-state index is 0.349. The van der Waals surface area contributed by atoms with Gasteiger partial charge in [0.1, 0.15) is 5.76 Å². The summed E-state index contributed by atoms with van der Waals surface area (Å²) in [5.74, 6) is -0.221. The lowest BCUT2D eigenvalue weighted by atomic mass is 10.3. The molecular formula is C11H10FNO2. The monoisotopic (exact) mass is 207 g/mol. The lowest BCUT2D eigenvalue weighted by Gasteiger charge is -2.04. The van der Waals surface area contributed by atoms with E-state index in [4.69, 9.17) is 9.52 Å². The largest absolute Gasteiger partial charge is 0.505 e. The number of aromatic hydroxyl groups is 1. The maximum absolute atomic E-state index is 12.9. The summed E-state index contributed by atoms with van der Waals surface area (Å²) >= 11 is 0. The van der Waals surface area contributed by atoms with Crippen LogP contribution >= 0.6 is 0 Å². The summed E-state index contributed by atoms with van der Waals surface area (Å²) in [5, 5.41) is 11.9. The molecule has 0 aliphatic carbocycles. The second kappa shape index (κ2) is 4.04. The Bertz CT molecular complexity index is 440. The van der Waals surface area contributed by atoms with Crippen LogP contribution in [0.25, 0.3) is 0 Å². The van der Waals surface area contributed by atoms with Crippen molar-refractivity contribution in [3.8, 4) is 5.75 Å². The molecule has 2 aromatic rings. The standard InChI is InChI=1S/C11H10FNO2/c12-10-6-8(3-4-11(10)14)13-7-9-2-1-5-15-9/h1-6,13-14H,7H2. The quantitative estimate of drug-likeness (QED) is 0.760. The van der Waals surface area contributed by atoms with E-state index in [1.807, 2.05) is 6.07 Å².